The third kappa shape index (κ3) is 8.18. The molecule has 0 spiro atoms. The zero-order valence-electron chi connectivity index (χ0n) is 22.6. The van der Waals surface area contributed by atoms with Crippen LogP contribution in [0, 0.1) is 17.0 Å². The molecule has 0 saturated carbocycles. The lowest BCUT2D eigenvalue weighted by atomic mass is 10.1. The van der Waals surface area contributed by atoms with Crippen molar-refractivity contribution in [3.05, 3.63) is 80.0 Å². The van der Waals surface area contributed by atoms with Gasteiger partial charge >= 0.3 is 6.03 Å². The molecule has 208 valence electrons. The molecule has 3 aromatic rings. The van der Waals surface area contributed by atoms with Crippen LogP contribution >= 0.6 is 11.3 Å². The summed E-state index contributed by atoms with van der Waals surface area (Å²) in [5, 5.41) is 15.7. The lowest BCUT2D eigenvalue weighted by molar-refractivity contribution is -0.384. The van der Waals surface area contributed by atoms with Crippen LogP contribution in [0.3, 0.4) is 0 Å². The SMILES string of the molecule is CCCN(CC(=O)N(CCc1ccc(OC)c(OC)c1)Cc1sccc1C)C(=O)Nc1ccc([N+](=O)[O-])cc1. The summed E-state index contributed by atoms with van der Waals surface area (Å²) in [6.07, 6.45) is 1.26. The topological polar surface area (TPSA) is 114 Å². The van der Waals surface area contributed by atoms with Gasteiger partial charge in [0.25, 0.3) is 5.69 Å². The monoisotopic (exact) mass is 554 g/mol. The van der Waals surface area contributed by atoms with Gasteiger partial charge in [0.2, 0.25) is 5.91 Å². The number of carbonyl (C=O) groups excluding carboxylic acids is 2. The number of urea groups is 1. The Morgan fingerprint density at radius 2 is 1.72 bits per heavy atom. The average Bonchev–Trinajstić information content (AvgIpc) is 3.34. The van der Waals surface area contributed by atoms with Crippen LogP contribution in [0.15, 0.2) is 53.9 Å². The number of nitro groups is 1. The fraction of sp³-hybridized carbons (Fsp3) is 0.357. The first-order valence-corrected chi connectivity index (χ1v) is 13.5. The smallest absolute Gasteiger partial charge is 0.322 e. The second kappa shape index (κ2) is 14.1. The molecule has 0 radical (unpaired) electrons. The highest BCUT2D eigenvalue weighted by atomic mass is 32.1. The molecule has 0 fully saturated rings. The van der Waals surface area contributed by atoms with Gasteiger partial charge in [-0.25, -0.2) is 4.79 Å². The summed E-state index contributed by atoms with van der Waals surface area (Å²) in [5.74, 6) is 1.09. The maximum absolute atomic E-state index is 13.6. The molecule has 2 aromatic carbocycles. The third-order valence-corrected chi connectivity index (χ3v) is 7.22. The number of nitrogens with one attached hydrogen (secondary N) is 1. The highest BCUT2D eigenvalue weighted by Gasteiger charge is 2.22. The summed E-state index contributed by atoms with van der Waals surface area (Å²) < 4.78 is 10.7. The van der Waals surface area contributed by atoms with Crippen LogP contribution in [0.5, 0.6) is 11.5 Å². The molecule has 0 aliphatic heterocycles. The lowest BCUT2D eigenvalue weighted by Gasteiger charge is -2.28. The summed E-state index contributed by atoms with van der Waals surface area (Å²) in [4.78, 5) is 41.4. The van der Waals surface area contributed by atoms with Crippen LogP contribution in [0.1, 0.15) is 29.3 Å². The van der Waals surface area contributed by atoms with E-state index in [-0.39, 0.29) is 18.1 Å². The molecule has 39 heavy (non-hydrogen) atoms. The second-order valence-electron chi connectivity index (χ2n) is 8.94. The number of hydrogen-bond acceptors (Lipinski definition) is 7. The summed E-state index contributed by atoms with van der Waals surface area (Å²) in [7, 11) is 3.17. The van der Waals surface area contributed by atoms with Crippen molar-refractivity contribution < 1.29 is 24.0 Å². The van der Waals surface area contributed by atoms with Gasteiger partial charge in [-0.2, -0.15) is 0 Å². The molecule has 3 rings (SSSR count). The third-order valence-electron chi connectivity index (χ3n) is 6.21. The molecule has 0 aliphatic rings. The largest absolute Gasteiger partial charge is 0.493 e. The van der Waals surface area contributed by atoms with Gasteiger partial charge in [0.05, 0.1) is 25.7 Å². The normalized spacial score (nSPS) is 10.6. The van der Waals surface area contributed by atoms with Gasteiger partial charge in [-0.15, -0.1) is 11.3 Å². The fourth-order valence-electron chi connectivity index (χ4n) is 3.99. The van der Waals surface area contributed by atoms with E-state index < -0.39 is 11.0 Å². The van der Waals surface area contributed by atoms with E-state index in [1.807, 2.05) is 43.5 Å². The molecule has 0 aliphatic carbocycles. The van der Waals surface area contributed by atoms with Crippen molar-refractivity contribution in [3.8, 4) is 11.5 Å². The Kier molecular flexibility index (Phi) is 10.7. The maximum atomic E-state index is 13.6. The molecular formula is C28H34N4O6S. The minimum Gasteiger partial charge on any atom is -0.493 e. The second-order valence-corrected chi connectivity index (χ2v) is 9.94. The van der Waals surface area contributed by atoms with Crippen LogP contribution in [0.25, 0.3) is 0 Å². The number of nitrogens with zero attached hydrogens (tertiary/aromatic N) is 3. The molecular weight excluding hydrogens is 520 g/mol. The summed E-state index contributed by atoms with van der Waals surface area (Å²) in [6, 6.07) is 12.9. The van der Waals surface area contributed by atoms with E-state index in [1.54, 1.807) is 30.5 Å². The van der Waals surface area contributed by atoms with Crippen LogP contribution in [0.4, 0.5) is 16.2 Å². The first-order chi connectivity index (χ1) is 18.7. The predicted molar refractivity (Wildman–Crippen MR) is 152 cm³/mol. The highest BCUT2D eigenvalue weighted by Crippen LogP contribution is 2.28. The Bertz CT molecular complexity index is 1280. The van der Waals surface area contributed by atoms with Gasteiger partial charge in [-0.05, 0) is 66.6 Å². The number of anilines is 1. The number of hydrogen-bond donors (Lipinski definition) is 1. The Balaban J connectivity index is 1.74. The van der Waals surface area contributed by atoms with Crippen molar-refractivity contribution in [1.29, 1.82) is 0 Å². The van der Waals surface area contributed by atoms with Crippen molar-refractivity contribution in [1.82, 2.24) is 9.80 Å². The minimum atomic E-state index is -0.500. The Morgan fingerprint density at radius 3 is 2.31 bits per heavy atom. The Morgan fingerprint density at radius 1 is 1.00 bits per heavy atom. The number of rotatable bonds is 13. The molecule has 11 heteroatoms. The molecule has 3 amide bonds. The van der Waals surface area contributed by atoms with Gasteiger partial charge in [0.15, 0.2) is 11.5 Å². The van der Waals surface area contributed by atoms with Crippen molar-refractivity contribution >= 4 is 34.6 Å². The van der Waals surface area contributed by atoms with E-state index >= 15 is 0 Å². The van der Waals surface area contributed by atoms with Gasteiger partial charge in [0, 0.05) is 35.8 Å². The number of aryl methyl sites for hydroxylation is 1. The quantitative estimate of drug-likeness (QED) is 0.221. The number of thiophene rings is 1. The molecule has 1 aromatic heterocycles. The van der Waals surface area contributed by atoms with Crippen LogP contribution in [0.2, 0.25) is 0 Å². The summed E-state index contributed by atoms with van der Waals surface area (Å²) >= 11 is 1.60. The van der Waals surface area contributed by atoms with E-state index in [9.17, 15) is 19.7 Å². The highest BCUT2D eigenvalue weighted by molar-refractivity contribution is 7.10. The predicted octanol–water partition coefficient (Wildman–Crippen LogP) is 5.50. The first kappa shape index (κ1) is 29.4. The van der Waals surface area contributed by atoms with E-state index in [0.717, 1.165) is 16.0 Å². The van der Waals surface area contributed by atoms with Crippen molar-refractivity contribution in [2.24, 2.45) is 0 Å². The number of nitro benzene ring substituents is 1. The minimum absolute atomic E-state index is 0.0671. The average molecular weight is 555 g/mol. The lowest BCUT2D eigenvalue weighted by Crippen LogP contribution is -2.45. The summed E-state index contributed by atoms with van der Waals surface area (Å²) in [6.45, 7) is 5.13. The van der Waals surface area contributed by atoms with Gasteiger partial charge in [-0.3, -0.25) is 14.9 Å². The molecule has 0 bridgehead atoms. The molecule has 0 atom stereocenters. The van der Waals surface area contributed by atoms with Gasteiger partial charge < -0.3 is 24.6 Å². The Hall–Kier alpha value is -4.12. The molecule has 0 unspecified atom stereocenters. The van der Waals surface area contributed by atoms with Gasteiger partial charge in [0.1, 0.15) is 6.54 Å². The van der Waals surface area contributed by atoms with Crippen molar-refractivity contribution in [3.63, 3.8) is 0 Å². The molecule has 1 heterocycles. The number of carbonyl (C=O) groups is 2. The number of amides is 3. The Labute approximate surface area is 232 Å². The van der Waals surface area contributed by atoms with E-state index in [1.165, 1.54) is 29.2 Å². The molecule has 0 saturated heterocycles. The number of benzene rings is 2. The molecule has 1 N–H and O–H groups in total. The summed E-state index contributed by atoms with van der Waals surface area (Å²) in [5.41, 5.74) is 2.46. The zero-order chi connectivity index (χ0) is 28.4. The molecule has 10 nitrogen and oxygen atoms in total. The van der Waals surface area contributed by atoms with Crippen LogP contribution < -0.4 is 14.8 Å². The van der Waals surface area contributed by atoms with E-state index in [4.69, 9.17) is 9.47 Å². The van der Waals surface area contributed by atoms with E-state index in [0.29, 0.717) is 49.7 Å². The maximum Gasteiger partial charge on any atom is 0.322 e. The van der Waals surface area contributed by atoms with Crippen LogP contribution in [-0.4, -0.2) is 60.5 Å². The number of non-ortho nitro benzene ring substituents is 1. The van der Waals surface area contributed by atoms with E-state index in [2.05, 4.69) is 5.32 Å². The zero-order valence-corrected chi connectivity index (χ0v) is 23.5. The van der Waals surface area contributed by atoms with Crippen LogP contribution in [-0.2, 0) is 17.8 Å². The number of methoxy groups -OCH3 is 2. The van der Waals surface area contributed by atoms with Crippen molar-refractivity contribution in [2.45, 2.75) is 33.2 Å². The standard InChI is InChI=1S/C28H34N4O6S/c1-5-14-31(28(34)29-22-7-9-23(10-8-22)32(35)36)19-27(33)30(18-26-20(2)13-16-39-26)15-12-21-6-11-24(37-3)25(17-21)38-4/h6-11,13,16-17H,5,12,14-15,18-19H2,1-4H3,(H,29,34). The van der Waals surface area contributed by atoms with Crippen molar-refractivity contribution in [2.75, 3.05) is 39.2 Å². The fourth-order valence-corrected chi connectivity index (χ4v) is 4.91. The first-order valence-electron chi connectivity index (χ1n) is 12.6. The number of ether oxygens (including phenoxy) is 2. The van der Waals surface area contributed by atoms with Gasteiger partial charge in [-0.1, -0.05) is 13.0 Å².